The van der Waals surface area contributed by atoms with E-state index in [0.717, 1.165) is 45.2 Å². The van der Waals surface area contributed by atoms with Crippen molar-refractivity contribution < 1.29 is 9.59 Å². The van der Waals surface area contributed by atoms with E-state index in [9.17, 15) is 9.59 Å². The van der Waals surface area contributed by atoms with Gasteiger partial charge in [-0.2, -0.15) is 0 Å². The summed E-state index contributed by atoms with van der Waals surface area (Å²) in [7, 11) is 0. The molecule has 1 unspecified atom stereocenters. The van der Waals surface area contributed by atoms with E-state index >= 15 is 0 Å². The number of hydrogen-bond acceptors (Lipinski definition) is 3. The molecule has 0 spiro atoms. The van der Waals surface area contributed by atoms with E-state index < -0.39 is 5.54 Å². The number of rotatable bonds is 6. The fourth-order valence-corrected chi connectivity index (χ4v) is 3.54. The Labute approximate surface area is 133 Å². The van der Waals surface area contributed by atoms with Crippen molar-refractivity contribution in [3.8, 4) is 0 Å². The molecule has 0 aromatic rings. The van der Waals surface area contributed by atoms with Crippen LogP contribution in [-0.2, 0) is 4.79 Å². The summed E-state index contributed by atoms with van der Waals surface area (Å²) < 4.78 is 0. The molecular weight excluding hydrogens is 280 g/mol. The minimum absolute atomic E-state index is 0.0139. The first kappa shape index (κ1) is 17.1. The van der Waals surface area contributed by atoms with Gasteiger partial charge in [0.2, 0.25) is 5.91 Å². The van der Waals surface area contributed by atoms with E-state index in [2.05, 4.69) is 21.3 Å². The molecule has 3 amide bonds. The van der Waals surface area contributed by atoms with Gasteiger partial charge in [-0.05, 0) is 58.0 Å². The molecule has 1 aliphatic heterocycles. The van der Waals surface area contributed by atoms with Crippen molar-refractivity contribution in [2.45, 2.75) is 57.4 Å². The average molecular weight is 310 g/mol. The summed E-state index contributed by atoms with van der Waals surface area (Å²) in [5, 5.41) is 12.1. The van der Waals surface area contributed by atoms with Crippen LogP contribution in [0.2, 0.25) is 0 Å². The Morgan fingerprint density at radius 1 is 1.18 bits per heavy atom. The third-order valence-corrected chi connectivity index (χ3v) is 4.82. The summed E-state index contributed by atoms with van der Waals surface area (Å²) in [6, 6.07) is -0.240. The summed E-state index contributed by atoms with van der Waals surface area (Å²) >= 11 is 0. The molecule has 6 heteroatoms. The van der Waals surface area contributed by atoms with Crippen LogP contribution in [0, 0.1) is 5.92 Å². The van der Waals surface area contributed by atoms with Crippen molar-refractivity contribution in [1.29, 1.82) is 0 Å². The van der Waals surface area contributed by atoms with Gasteiger partial charge in [0.15, 0.2) is 0 Å². The summed E-state index contributed by atoms with van der Waals surface area (Å²) in [4.78, 5) is 24.4. The second kappa shape index (κ2) is 8.36. The maximum Gasteiger partial charge on any atom is 0.315 e. The summed E-state index contributed by atoms with van der Waals surface area (Å²) in [6.07, 6.45) is 6.93. The monoisotopic (exact) mass is 310 g/mol. The largest absolute Gasteiger partial charge is 0.354 e. The second-order valence-electron chi connectivity index (χ2n) is 6.53. The van der Waals surface area contributed by atoms with Gasteiger partial charge in [-0.3, -0.25) is 4.79 Å². The van der Waals surface area contributed by atoms with Crippen LogP contribution in [-0.4, -0.2) is 43.7 Å². The van der Waals surface area contributed by atoms with Gasteiger partial charge < -0.3 is 21.3 Å². The molecule has 1 saturated carbocycles. The molecule has 4 N–H and O–H groups in total. The fourth-order valence-electron chi connectivity index (χ4n) is 3.54. The lowest BCUT2D eigenvalue weighted by Gasteiger charge is -2.29. The molecule has 6 nitrogen and oxygen atoms in total. The number of urea groups is 1. The van der Waals surface area contributed by atoms with Gasteiger partial charge >= 0.3 is 6.03 Å². The topological polar surface area (TPSA) is 82.3 Å². The molecule has 0 radical (unpaired) electrons. The van der Waals surface area contributed by atoms with Crippen molar-refractivity contribution in [2.24, 2.45) is 5.92 Å². The zero-order valence-corrected chi connectivity index (χ0v) is 13.7. The van der Waals surface area contributed by atoms with E-state index in [-0.39, 0.29) is 11.9 Å². The van der Waals surface area contributed by atoms with Gasteiger partial charge in [0.05, 0.1) is 0 Å². The van der Waals surface area contributed by atoms with Crippen molar-refractivity contribution in [3.05, 3.63) is 0 Å². The first-order valence-electron chi connectivity index (χ1n) is 8.71. The molecule has 0 bridgehead atoms. The summed E-state index contributed by atoms with van der Waals surface area (Å²) in [6.45, 7) is 5.31. The predicted molar refractivity (Wildman–Crippen MR) is 86.6 cm³/mol. The van der Waals surface area contributed by atoms with Gasteiger partial charge in [0.1, 0.15) is 5.54 Å². The van der Waals surface area contributed by atoms with Crippen LogP contribution in [0.4, 0.5) is 4.79 Å². The van der Waals surface area contributed by atoms with E-state index in [1.54, 1.807) is 0 Å². The number of carbonyl (C=O) groups excluding carboxylic acids is 2. The minimum atomic E-state index is -0.704. The molecule has 2 aliphatic rings. The Kier molecular flexibility index (Phi) is 6.49. The smallest absolute Gasteiger partial charge is 0.315 e. The Hall–Kier alpha value is -1.30. The molecule has 22 heavy (non-hydrogen) atoms. The molecule has 1 saturated heterocycles. The van der Waals surface area contributed by atoms with Gasteiger partial charge in [-0.15, -0.1) is 0 Å². The zero-order chi connectivity index (χ0) is 15.8. The quantitative estimate of drug-likeness (QED) is 0.593. The number of nitrogens with one attached hydrogen (secondary N) is 4. The van der Waals surface area contributed by atoms with Crippen molar-refractivity contribution in [3.63, 3.8) is 0 Å². The molecule has 0 aromatic carbocycles. The lowest BCUT2D eigenvalue weighted by molar-refractivity contribution is -0.127. The number of carbonyl (C=O) groups is 2. The van der Waals surface area contributed by atoms with Gasteiger partial charge in [-0.25, -0.2) is 4.79 Å². The molecule has 0 aromatic heterocycles. The highest BCUT2D eigenvalue weighted by Gasteiger charge is 2.42. The first-order chi connectivity index (χ1) is 10.7. The van der Waals surface area contributed by atoms with Crippen molar-refractivity contribution in [1.82, 2.24) is 21.3 Å². The van der Waals surface area contributed by atoms with Crippen LogP contribution in [0.1, 0.15) is 51.9 Å². The van der Waals surface area contributed by atoms with Crippen LogP contribution in [0.3, 0.4) is 0 Å². The third kappa shape index (κ3) is 4.60. The molecule has 2 fully saturated rings. The van der Waals surface area contributed by atoms with Crippen LogP contribution in [0.5, 0.6) is 0 Å². The maximum absolute atomic E-state index is 12.6. The predicted octanol–water partition coefficient (Wildman–Crippen LogP) is 1.12. The molecule has 2 rings (SSSR count). The molecule has 126 valence electrons. The lowest BCUT2D eigenvalue weighted by atomic mass is 9.94. The highest BCUT2D eigenvalue weighted by Crippen LogP contribution is 2.30. The van der Waals surface area contributed by atoms with Crippen LogP contribution in [0.15, 0.2) is 0 Å². The SMILES string of the molecule is CCNC(=O)NC1(C(=O)NCCC2CCCNC2)CCCC1. The van der Waals surface area contributed by atoms with Crippen LogP contribution in [0.25, 0.3) is 0 Å². The van der Waals surface area contributed by atoms with E-state index in [1.807, 2.05) is 6.92 Å². The number of hydrogen-bond donors (Lipinski definition) is 4. The average Bonchev–Trinajstić information content (AvgIpc) is 2.98. The second-order valence-corrected chi connectivity index (χ2v) is 6.53. The lowest BCUT2D eigenvalue weighted by Crippen LogP contribution is -2.59. The zero-order valence-electron chi connectivity index (χ0n) is 13.7. The van der Waals surface area contributed by atoms with Gasteiger partial charge in [0.25, 0.3) is 0 Å². The highest BCUT2D eigenvalue weighted by molar-refractivity contribution is 5.91. The Morgan fingerprint density at radius 3 is 2.59 bits per heavy atom. The minimum Gasteiger partial charge on any atom is -0.354 e. The normalized spacial score (nSPS) is 23.8. The maximum atomic E-state index is 12.6. The van der Waals surface area contributed by atoms with E-state index in [4.69, 9.17) is 0 Å². The molecule has 1 aliphatic carbocycles. The summed E-state index contributed by atoms with van der Waals surface area (Å²) in [5.74, 6) is 0.643. The molecular formula is C16H30N4O2. The molecule has 1 heterocycles. The van der Waals surface area contributed by atoms with E-state index in [0.29, 0.717) is 19.0 Å². The number of amides is 3. The molecule has 1 atom stereocenters. The highest BCUT2D eigenvalue weighted by atomic mass is 16.2. The number of piperidine rings is 1. The Morgan fingerprint density at radius 2 is 1.95 bits per heavy atom. The summed E-state index contributed by atoms with van der Waals surface area (Å²) in [5.41, 5.74) is -0.704. The van der Waals surface area contributed by atoms with Crippen LogP contribution >= 0.6 is 0 Å². The van der Waals surface area contributed by atoms with E-state index in [1.165, 1.54) is 12.8 Å². The Bertz CT molecular complexity index is 374. The van der Waals surface area contributed by atoms with Crippen LogP contribution < -0.4 is 21.3 Å². The van der Waals surface area contributed by atoms with Crippen molar-refractivity contribution in [2.75, 3.05) is 26.2 Å². The first-order valence-corrected chi connectivity index (χ1v) is 8.71. The third-order valence-electron chi connectivity index (χ3n) is 4.82. The fraction of sp³-hybridized carbons (Fsp3) is 0.875. The van der Waals surface area contributed by atoms with Gasteiger partial charge in [0, 0.05) is 13.1 Å². The van der Waals surface area contributed by atoms with Gasteiger partial charge in [-0.1, -0.05) is 12.8 Å². The van der Waals surface area contributed by atoms with Crippen molar-refractivity contribution >= 4 is 11.9 Å². The Balaban J connectivity index is 1.80. The standard InChI is InChI=1S/C16H30N4O2/c1-2-18-15(22)20-16(8-3-4-9-16)14(21)19-11-7-13-6-5-10-17-12-13/h13,17H,2-12H2,1H3,(H,19,21)(H2,18,20,22).